The first kappa shape index (κ1) is 22.5. The van der Waals surface area contributed by atoms with Crippen molar-refractivity contribution >= 4 is 20.8 Å². The van der Waals surface area contributed by atoms with Crippen LogP contribution in [0.15, 0.2) is 23.3 Å². The fraction of sp³-hybridized carbons (Fsp3) is 0.600. The van der Waals surface area contributed by atoms with Crippen LogP contribution in [0.4, 0.5) is 0 Å². The maximum absolute atomic E-state index is 11.7. The van der Waals surface area contributed by atoms with Gasteiger partial charge in [-0.3, -0.25) is 18.6 Å². The van der Waals surface area contributed by atoms with Gasteiger partial charge in [0.1, 0.15) is 6.61 Å². The van der Waals surface area contributed by atoms with Crippen LogP contribution in [0.1, 0.15) is 33.6 Å². The Hall–Kier alpha value is -1.47. The van der Waals surface area contributed by atoms with Gasteiger partial charge in [0.25, 0.3) is 12.9 Å². The smallest absolute Gasteiger partial charge is 0.464 e. The van der Waals surface area contributed by atoms with Crippen LogP contribution in [0.5, 0.6) is 0 Å². The van der Waals surface area contributed by atoms with Gasteiger partial charge in [-0.15, -0.1) is 0 Å². The van der Waals surface area contributed by atoms with Gasteiger partial charge in [0.05, 0.1) is 13.2 Å². The number of phosphoric acid groups is 1. The van der Waals surface area contributed by atoms with E-state index in [1.165, 1.54) is 5.57 Å². The molecule has 2 atom stereocenters. The molecule has 0 aliphatic carbocycles. The van der Waals surface area contributed by atoms with E-state index >= 15 is 0 Å². The Morgan fingerprint density at radius 2 is 1.79 bits per heavy atom. The molecule has 24 heavy (non-hydrogen) atoms. The highest BCUT2D eigenvalue weighted by molar-refractivity contribution is 7.47. The molecule has 9 heteroatoms. The van der Waals surface area contributed by atoms with Gasteiger partial charge in [-0.05, 0) is 33.6 Å². The van der Waals surface area contributed by atoms with Gasteiger partial charge in [-0.1, -0.05) is 23.3 Å². The fourth-order valence-electron chi connectivity index (χ4n) is 1.53. The third-order valence-electron chi connectivity index (χ3n) is 2.78. The maximum atomic E-state index is 11.7. The minimum atomic E-state index is -4.30. The topological polar surface area (TPSA) is 108 Å². The molecule has 0 aliphatic heterocycles. The van der Waals surface area contributed by atoms with E-state index in [-0.39, 0.29) is 26.2 Å². The normalized spacial score (nSPS) is 15.1. The maximum Gasteiger partial charge on any atom is 0.472 e. The second-order valence-electron chi connectivity index (χ2n) is 5.21. The highest BCUT2D eigenvalue weighted by Gasteiger charge is 2.23. The zero-order valence-electron chi connectivity index (χ0n) is 14.2. The van der Waals surface area contributed by atoms with E-state index in [1.807, 2.05) is 20.8 Å². The van der Waals surface area contributed by atoms with Crippen LogP contribution in [-0.2, 0) is 32.7 Å². The summed E-state index contributed by atoms with van der Waals surface area (Å²) >= 11 is 0. The van der Waals surface area contributed by atoms with Crippen molar-refractivity contribution in [2.45, 2.75) is 39.7 Å². The number of ether oxygens (including phenoxy) is 2. The molecule has 2 unspecified atom stereocenters. The summed E-state index contributed by atoms with van der Waals surface area (Å²) in [6.07, 6.45) is 4.52. The van der Waals surface area contributed by atoms with Gasteiger partial charge in [0, 0.05) is 0 Å². The van der Waals surface area contributed by atoms with E-state index in [1.54, 1.807) is 6.08 Å². The third-order valence-corrected chi connectivity index (χ3v) is 3.73. The average molecular weight is 364 g/mol. The molecule has 8 nitrogen and oxygen atoms in total. The van der Waals surface area contributed by atoms with Crippen molar-refractivity contribution in [2.24, 2.45) is 0 Å². The lowest BCUT2D eigenvalue weighted by Gasteiger charge is -2.16. The van der Waals surface area contributed by atoms with Crippen molar-refractivity contribution in [1.29, 1.82) is 0 Å². The van der Waals surface area contributed by atoms with E-state index in [0.29, 0.717) is 0 Å². The van der Waals surface area contributed by atoms with Crippen LogP contribution in [0.2, 0.25) is 0 Å². The molecular formula is C15H25O8P. The van der Waals surface area contributed by atoms with Crippen molar-refractivity contribution in [3.63, 3.8) is 0 Å². The van der Waals surface area contributed by atoms with Crippen molar-refractivity contribution in [3.05, 3.63) is 23.3 Å². The molecule has 0 aromatic carbocycles. The molecule has 0 spiro atoms. The Kier molecular flexibility index (Phi) is 12.1. The van der Waals surface area contributed by atoms with Crippen LogP contribution in [0, 0.1) is 0 Å². The summed E-state index contributed by atoms with van der Waals surface area (Å²) in [6, 6.07) is 0. The molecule has 0 aliphatic rings. The molecule has 0 saturated carbocycles. The summed E-state index contributed by atoms with van der Waals surface area (Å²) in [6.45, 7) is 5.42. The Morgan fingerprint density at radius 3 is 2.38 bits per heavy atom. The molecular weight excluding hydrogens is 339 g/mol. The van der Waals surface area contributed by atoms with Crippen LogP contribution >= 0.6 is 7.82 Å². The predicted octanol–water partition coefficient (Wildman–Crippen LogP) is 2.53. The number of carbonyl (C=O) groups excluding carboxylic acids is 2. The van der Waals surface area contributed by atoms with Crippen LogP contribution in [-0.4, -0.2) is 43.8 Å². The third kappa shape index (κ3) is 13.0. The molecule has 0 aromatic heterocycles. The SMILES string of the molecule is CC(C)=CCC/C(C)=C/COP(=O)(O)OCC(COC=O)OC=O. The summed E-state index contributed by atoms with van der Waals surface area (Å²) in [5.41, 5.74) is 2.26. The highest BCUT2D eigenvalue weighted by atomic mass is 31.2. The largest absolute Gasteiger partial charge is 0.472 e. The number of carbonyl (C=O) groups is 2. The number of phosphoric ester groups is 1. The van der Waals surface area contributed by atoms with Crippen LogP contribution in [0.3, 0.4) is 0 Å². The van der Waals surface area contributed by atoms with Crippen molar-refractivity contribution in [1.82, 2.24) is 0 Å². The summed E-state index contributed by atoms with van der Waals surface area (Å²) < 4.78 is 30.2. The lowest BCUT2D eigenvalue weighted by atomic mass is 10.1. The van der Waals surface area contributed by atoms with Gasteiger partial charge in [-0.2, -0.15) is 0 Å². The second kappa shape index (κ2) is 12.9. The molecule has 0 heterocycles. The Labute approximate surface area is 142 Å². The first-order valence-corrected chi connectivity index (χ1v) is 8.85. The molecule has 138 valence electrons. The van der Waals surface area contributed by atoms with Crippen molar-refractivity contribution < 1.29 is 37.6 Å². The molecule has 0 bridgehead atoms. The Morgan fingerprint density at radius 1 is 1.08 bits per heavy atom. The summed E-state index contributed by atoms with van der Waals surface area (Å²) in [7, 11) is -4.30. The molecule has 0 amide bonds. The molecule has 0 aromatic rings. The van der Waals surface area contributed by atoms with E-state index in [0.717, 1.165) is 18.4 Å². The highest BCUT2D eigenvalue weighted by Crippen LogP contribution is 2.43. The molecule has 0 rings (SSSR count). The molecule has 0 fully saturated rings. The number of hydrogen-bond acceptors (Lipinski definition) is 7. The van der Waals surface area contributed by atoms with E-state index < -0.39 is 20.5 Å². The Bertz CT molecular complexity index is 482. The first-order valence-electron chi connectivity index (χ1n) is 7.36. The summed E-state index contributed by atoms with van der Waals surface area (Å²) in [5.74, 6) is 0. The van der Waals surface area contributed by atoms with E-state index in [2.05, 4.69) is 15.5 Å². The number of rotatable bonds is 14. The number of hydrogen-bond donors (Lipinski definition) is 1. The predicted molar refractivity (Wildman–Crippen MR) is 87.1 cm³/mol. The molecule has 0 saturated heterocycles. The zero-order valence-corrected chi connectivity index (χ0v) is 15.1. The molecule has 1 N–H and O–H groups in total. The van der Waals surface area contributed by atoms with Gasteiger partial charge >= 0.3 is 7.82 Å². The number of allylic oxidation sites excluding steroid dienone is 3. The van der Waals surface area contributed by atoms with Crippen molar-refractivity contribution in [3.8, 4) is 0 Å². The van der Waals surface area contributed by atoms with Crippen LogP contribution < -0.4 is 0 Å². The molecule has 0 radical (unpaired) electrons. The van der Waals surface area contributed by atoms with Gasteiger partial charge in [0.2, 0.25) is 0 Å². The average Bonchev–Trinajstić information content (AvgIpc) is 2.49. The lowest BCUT2D eigenvalue weighted by molar-refractivity contribution is -0.144. The first-order chi connectivity index (χ1) is 11.3. The fourth-order valence-corrected chi connectivity index (χ4v) is 2.22. The van der Waals surface area contributed by atoms with Gasteiger partial charge in [0.15, 0.2) is 6.10 Å². The minimum Gasteiger partial charge on any atom is -0.464 e. The summed E-state index contributed by atoms with van der Waals surface area (Å²) in [5, 5.41) is 0. The van der Waals surface area contributed by atoms with Gasteiger partial charge in [-0.25, -0.2) is 4.57 Å². The monoisotopic (exact) mass is 364 g/mol. The van der Waals surface area contributed by atoms with Gasteiger partial charge < -0.3 is 14.4 Å². The quantitative estimate of drug-likeness (QED) is 0.285. The van der Waals surface area contributed by atoms with Crippen molar-refractivity contribution in [2.75, 3.05) is 19.8 Å². The zero-order chi connectivity index (χ0) is 18.4. The summed E-state index contributed by atoms with van der Waals surface area (Å²) in [4.78, 5) is 29.9. The second-order valence-corrected chi connectivity index (χ2v) is 6.67. The van der Waals surface area contributed by atoms with E-state index in [4.69, 9.17) is 9.05 Å². The van der Waals surface area contributed by atoms with E-state index in [9.17, 15) is 19.0 Å². The van der Waals surface area contributed by atoms with Crippen LogP contribution in [0.25, 0.3) is 0 Å². The Balaban J connectivity index is 4.23. The minimum absolute atomic E-state index is 0.0848. The lowest BCUT2D eigenvalue weighted by Crippen LogP contribution is -2.24. The standard InChI is InChI=1S/C15H25O8P/c1-13(2)5-4-6-14(3)7-8-22-24(18,19)23-10-15(21-12-17)9-20-11-16/h5,7,11-12,15H,4,6,8-10H2,1-3H3,(H,18,19)/b14-7+.